The van der Waals surface area contributed by atoms with E-state index in [2.05, 4.69) is 12.2 Å². The van der Waals surface area contributed by atoms with Gasteiger partial charge in [0.05, 0.1) is 0 Å². The topological polar surface area (TPSA) is 38.3 Å². The van der Waals surface area contributed by atoms with Gasteiger partial charge < -0.3 is 10.1 Å². The number of carbonyl (C=O) groups excluding carboxylic acids is 1. The maximum atomic E-state index is 11.6. The highest BCUT2D eigenvalue weighted by atomic mass is 32.2. The number of hydrogen-bond donors (Lipinski definition) is 1. The lowest BCUT2D eigenvalue weighted by atomic mass is 10.2. The molecule has 0 spiro atoms. The highest BCUT2D eigenvalue weighted by Crippen LogP contribution is 2.29. The smallest absolute Gasteiger partial charge is 0.246 e. The molecule has 16 heavy (non-hydrogen) atoms. The minimum absolute atomic E-state index is 0.0436. The summed E-state index contributed by atoms with van der Waals surface area (Å²) in [5, 5.41) is 3.70. The zero-order valence-electron chi connectivity index (χ0n) is 10.3. The van der Waals surface area contributed by atoms with E-state index in [1.807, 2.05) is 18.7 Å². The van der Waals surface area contributed by atoms with Gasteiger partial charge in [-0.1, -0.05) is 20.3 Å². The van der Waals surface area contributed by atoms with E-state index in [9.17, 15) is 4.79 Å². The van der Waals surface area contributed by atoms with Crippen LogP contribution in [0.1, 0.15) is 39.5 Å². The van der Waals surface area contributed by atoms with Crippen molar-refractivity contribution in [3.63, 3.8) is 0 Å². The van der Waals surface area contributed by atoms with Crippen LogP contribution >= 0.6 is 11.8 Å². The van der Waals surface area contributed by atoms with E-state index in [1.165, 1.54) is 12.8 Å². The summed E-state index contributed by atoms with van der Waals surface area (Å²) in [5.74, 6) is 1.17. The normalized spacial score (nSPS) is 24.6. The van der Waals surface area contributed by atoms with Crippen molar-refractivity contribution in [3.05, 3.63) is 0 Å². The molecule has 0 heterocycles. The highest BCUT2D eigenvalue weighted by molar-refractivity contribution is 7.99. The molecule has 0 bridgehead atoms. The Bertz CT molecular complexity index is 211. The summed E-state index contributed by atoms with van der Waals surface area (Å²) in [6.45, 7) is 5.11. The maximum absolute atomic E-state index is 11.6. The van der Waals surface area contributed by atoms with Gasteiger partial charge in [-0.05, 0) is 25.0 Å². The van der Waals surface area contributed by atoms with Crippen molar-refractivity contribution in [2.45, 2.75) is 50.8 Å². The summed E-state index contributed by atoms with van der Waals surface area (Å²) in [4.78, 5) is 11.6. The van der Waals surface area contributed by atoms with Gasteiger partial charge in [-0.15, -0.1) is 0 Å². The van der Waals surface area contributed by atoms with E-state index >= 15 is 0 Å². The van der Waals surface area contributed by atoms with Crippen LogP contribution in [0.15, 0.2) is 0 Å². The minimum Gasteiger partial charge on any atom is -0.372 e. The fourth-order valence-electron chi connectivity index (χ4n) is 2.06. The first-order valence-electron chi connectivity index (χ1n) is 6.26. The average molecular weight is 245 g/mol. The molecule has 1 saturated carbocycles. The highest BCUT2D eigenvalue weighted by Gasteiger charge is 2.28. The van der Waals surface area contributed by atoms with Crippen molar-refractivity contribution < 1.29 is 9.53 Å². The van der Waals surface area contributed by atoms with Crippen molar-refractivity contribution in [2.24, 2.45) is 0 Å². The molecule has 4 heteroatoms. The zero-order chi connectivity index (χ0) is 11.8. The Morgan fingerprint density at radius 2 is 2.25 bits per heavy atom. The van der Waals surface area contributed by atoms with E-state index in [0.717, 1.165) is 18.6 Å². The first-order valence-corrected chi connectivity index (χ1v) is 7.31. The van der Waals surface area contributed by atoms with Crippen LogP contribution in [0.3, 0.4) is 0 Å². The third-order valence-corrected chi connectivity index (χ3v) is 4.09. The number of nitrogens with one attached hydrogen (secondary N) is 1. The molecule has 0 aromatic heterocycles. The molecule has 0 aromatic carbocycles. The predicted molar refractivity (Wildman–Crippen MR) is 68.8 cm³/mol. The summed E-state index contributed by atoms with van der Waals surface area (Å²) >= 11 is 1.96. The first kappa shape index (κ1) is 13.8. The van der Waals surface area contributed by atoms with Gasteiger partial charge >= 0.3 is 0 Å². The number of ether oxygens (including phenoxy) is 1. The van der Waals surface area contributed by atoms with Crippen LogP contribution in [0.5, 0.6) is 0 Å². The van der Waals surface area contributed by atoms with Gasteiger partial charge in [-0.25, -0.2) is 0 Å². The number of thioether (sulfide) groups is 1. The van der Waals surface area contributed by atoms with Gasteiger partial charge in [0.25, 0.3) is 0 Å². The molecule has 1 aliphatic carbocycles. The number of carbonyl (C=O) groups is 1. The lowest BCUT2D eigenvalue weighted by molar-refractivity contribution is -0.126. The average Bonchev–Trinajstić information content (AvgIpc) is 2.67. The summed E-state index contributed by atoms with van der Waals surface area (Å²) in [6.07, 6.45) is 4.56. The summed E-state index contributed by atoms with van der Waals surface area (Å²) in [7, 11) is 0. The molecule has 0 saturated heterocycles. The molecule has 1 amide bonds. The second-order valence-electron chi connectivity index (χ2n) is 4.15. The summed E-state index contributed by atoms with van der Waals surface area (Å²) < 4.78 is 5.23. The Morgan fingerprint density at radius 1 is 1.44 bits per heavy atom. The predicted octanol–water partition coefficient (Wildman–Crippen LogP) is 2.20. The van der Waals surface area contributed by atoms with E-state index in [1.54, 1.807) is 0 Å². The van der Waals surface area contributed by atoms with Crippen molar-refractivity contribution in [1.82, 2.24) is 5.32 Å². The molecule has 1 rings (SSSR count). The summed E-state index contributed by atoms with van der Waals surface area (Å²) in [5.41, 5.74) is 0. The van der Waals surface area contributed by atoms with Gasteiger partial charge in [0.1, 0.15) is 6.61 Å². The van der Waals surface area contributed by atoms with Crippen LogP contribution in [-0.4, -0.2) is 36.2 Å². The largest absolute Gasteiger partial charge is 0.372 e. The van der Waals surface area contributed by atoms with Crippen LogP contribution in [0.2, 0.25) is 0 Å². The van der Waals surface area contributed by atoms with Crippen LogP contribution in [0.25, 0.3) is 0 Å². The second kappa shape index (κ2) is 7.96. The lowest BCUT2D eigenvalue weighted by Crippen LogP contribution is -2.40. The molecule has 94 valence electrons. The number of rotatable bonds is 7. The van der Waals surface area contributed by atoms with Gasteiger partial charge in [-0.3, -0.25) is 4.79 Å². The van der Waals surface area contributed by atoms with E-state index in [4.69, 9.17) is 4.74 Å². The maximum Gasteiger partial charge on any atom is 0.246 e. The summed E-state index contributed by atoms with van der Waals surface area (Å²) in [6, 6.07) is 0.364. The fourth-order valence-corrected chi connectivity index (χ4v) is 3.26. The van der Waals surface area contributed by atoms with Crippen molar-refractivity contribution in [2.75, 3.05) is 19.0 Å². The second-order valence-corrected chi connectivity index (χ2v) is 5.67. The van der Waals surface area contributed by atoms with Crippen LogP contribution in [0, 0.1) is 0 Å². The Hall–Kier alpha value is -0.220. The van der Waals surface area contributed by atoms with Crippen molar-refractivity contribution >= 4 is 17.7 Å². The molecule has 0 aliphatic heterocycles. The SMILES string of the molecule is CCCOCC(=O)NC1CCCC1SCC. The van der Waals surface area contributed by atoms with Crippen molar-refractivity contribution in [1.29, 1.82) is 0 Å². The lowest BCUT2D eigenvalue weighted by Gasteiger charge is -2.20. The number of amides is 1. The van der Waals surface area contributed by atoms with E-state index < -0.39 is 0 Å². The molecule has 2 atom stereocenters. The van der Waals surface area contributed by atoms with Crippen LogP contribution in [-0.2, 0) is 9.53 Å². The molecule has 1 N–H and O–H groups in total. The Kier molecular flexibility index (Phi) is 6.88. The quantitative estimate of drug-likeness (QED) is 0.699. The third kappa shape index (κ3) is 4.74. The molecular weight excluding hydrogens is 222 g/mol. The Morgan fingerprint density at radius 3 is 2.94 bits per heavy atom. The molecule has 2 unspecified atom stereocenters. The Labute approximate surface area is 103 Å². The molecule has 3 nitrogen and oxygen atoms in total. The zero-order valence-corrected chi connectivity index (χ0v) is 11.1. The first-order chi connectivity index (χ1) is 7.77. The van der Waals surface area contributed by atoms with Crippen LogP contribution in [0.4, 0.5) is 0 Å². The fraction of sp³-hybridized carbons (Fsp3) is 0.917. The minimum atomic E-state index is 0.0436. The molecule has 1 aliphatic rings. The molecule has 0 aromatic rings. The third-order valence-electron chi connectivity index (χ3n) is 2.76. The van der Waals surface area contributed by atoms with Crippen LogP contribution < -0.4 is 5.32 Å². The molecular formula is C12H23NO2S. The van der Waals surface area contributed by atoms with Crippen molar-refractivity contribution in [3.8, 4) is 0 Å². The van der Waals surface area contributed by atoms with Gasteiger partial charge in [0, 0.05) is 17.9 Å². The molecule has 1 fully saturated rings. The van der Waals surface area contributed by atoms with E-state index in [-0.39, 0.29) is 12.5 Å². The van der Waals surface area contributed by atoms with E-state index in [0.29, 0.717) is 17.9 Å². The number of hydrogen-bond acceptors (Lipinski definition) is 3. The van der Waals surface area contributed by atoms with Gasteiger partial charge in [0.2, 0.25) is 5.91 Å². The molecule has 0 radical (unpaired) electrons. The van der Waals surface area contributed by atoms with Gasteiger partial charge in [-0.2, -0.15) is 11.8 Å². The standard InChI is InChI=1S/C12H23NO2S/c1-3-8-15-9-12(14)13-10-6-5-7-11(10)16-4-2/h10-11H,3-9H2,1-2H3,(H,13,14). The Balaban J connectivity index is 2.21. The monoisotopic (exact) mass is 245 g/mol. The van der Waals surface area contributed by atoms with Gasteiger partial charge in [0.15, 0.2) is 0 Å².